The molecule has 1 aliphatic carbocycles. The van der Waals surface area contributed by atoms with Crippen LogP contribution in [0.1, 0.15) is 33.3 Å². The van der Waals surface area contributed by atoms with Crippen molar-refractivity contribution in [2.45, 2.75) is 33.1 Å². The van der Waals surface area contributed by atoms with Gasteiger partial charge in [0.25, 0.3) is 0 Å². The second-order valence-corrected chi connectivity index (χ2v) is 5.82. The molecule has 0 aliphatic heterocycles. The molecule has 0 saturated heterocycles. The first-order valence-electron chi connectivity index (χ1n) is 6.03. The zero-order valence-electron chi connectivity index (χ0n) is 10.7. The predicted molar refractivity (Wildman–Crippen MR) is 70.6 cm³/mol. The van der Waals surface area contributed by atoms with Crippen LogP contribution in [-0.2, 0) is 5.41 Å². The average Bonchev–Trinajstić information content (AvgIpc) is 2.91. The molecular formula is C16H21-. The summed E-state index contributed by atoms with van der Waals surface area (Å²) in [6, 6.07) is 8.75. The number of hydrogen-bond acceptors (Lipinski definition) is 0. The highest BCUT2D eigenvalue weighted by Gasteiger charge is 2.40. The number of rotatable bonds is 3. The van der Waals surface area contributed by atoms with E-state index in [0.29, 0.717) is 5.92 Å². The van der Waals surface area contributed by atoms with E-state index in [1.165, 1.54) is 5.56 Å². The molecule has 86 valence electrons. The Labute approximate surface area is 99.1 Å². The van der Waals surface area contributed by atoms with E-state index in [9.17, 15) is 0 Å². The van der Waals surface area contributed by atoms with Gasteiger partial charge in [0, 0.05) is 5.92 Å². The minimum Gasteiger partial charge on any atom is -0.213 e. The molecule has 2 rings (SSSR count). The van der Waals surface area contributed by atoms with Gasteiger partial charge >= 0.3 is 0 Å². The van der Waals surface area contributed by atoms with Crippen molar-refractivity contribution in [3.8, 4) is 0 Å². The molecule has 16 heavy (non-hydrogen) atoms. The highest BCUT2D eigenvalue weighted by Crippen LogP contribution is 2.48. The van der Waals surface area contributed by atoms with Gasteiger partial charge in [-0.25, -0.2) is 12.1 Å². The molecule has 0 nitrogen and oxygen atoms in total. The van der Waals surface area contributed by atoms with Crippen LogP contribution >= 0.6 is 0 Å². The van der Waals surface area contributed by atoms with E-state index in [0.717, 1.165) is 0 Å². The second-order valence-electron chi connectivity index (χ2n) is 5.82. The van der Waals surface area contributed by atoms with Gasteiger partial charge in [0.15, 0.2) is 0 Å². The van der Waals surface area contributed by atoms with Crippen molar-refractivity contribution in [3.05, 3.63) is 54.1 Å². The third-order valence-corrected chi connectivity index (χ3v) is 4.58. The van der Waals surface area contributed by atoms with Crippen LogP contribution in [-0.4, -0.2) is 0 Å². The molecule has 1 aliphatic rings. The Kier molecular flexibility index (Phi) is 2.61. The fourth-order valence-corrected chi connectivity index (χ4v) is 2.49. The van der Waals surface area contributed by atoms with Gasteiger partial charge in [-0.15, -0.1) is 0 Å². The molecule has 1 aromatic rings. The summed E-state index contributed by atoms with van der Waals surface area (Å²) in [7, 11) is 0. The molecule has 0 fully saturated rings. The van der Waals surface area contributed by atoms with Crippen molar-refractivity contribution in [1.82, 2.24) is 0 Å². The Morgan fingerprint density at radius 3 is 1.88 bits per heavy atom. The number of allylic oxidation sites excluding steroid dienone is 4. The molecular weight excluding hydrogens is 192 g/mol. The highest BCUT2D eigenvalue weighted by molar-refractivity contribution is 5.31. The van der Waals surface area contributed by atoms with E-state index in [-0.39, 0.29) is 10.8 Å². The lowest BCUT2D eigenvalue weighted by atomic mass is 9.59. The monoisotopic (exact) mass is 213 g/mol. The Balaban J connectivity index is 2.35. The van der Waals surface area contributed by atoms with E-state index in [1.807, 2.05) is 0 Å². The van der Waals surface area contributed by atoms with Crippen molar-refractivity contribution in [2.75, 3.05) is 0 Å². The SMILES string of the molecule is CC(C)([c-]1cccc1)C(C)(C)C1C=CC=C1. The molecule has 0 N–H and O–H groups in total. The van der Waals surface area contributed by atoms with E-state index in [4.69, 9.17) is 0 Å². The molecule has 0 unspecified atom stereocenters. The predicted octanol–water partition coefficient (Wildman–Crippen LogP) is 4.45. The standard InChI is InChI=1S/C16H21/c1-15(2,13-9-5-6-10-13)16(3,4)14-11-7-8-12-14/h5-13H,1-4H3/q-1. The third-order valence-electron chi connectivity index (χ3n) is 4.58. The highest BCUT2D eigenvalue weighted by atomic mass is 14.5. The Morgan fingerprint density at radius 1 is 0.875 bits per heavy atom. The first-order chi connectivity index (χ1) is 7.46. The summed E-state index contributed by atoms with van der Waals surface area (Å²) in [5, 5.41) is 0. The van der Waals surface area contributed by atoms with Crippen LogP contribution in [0.5, 0.6) is 0 Å². The maximum Gasteiger partial charge on any atom is 0.000244 e. The van der Waals surface area contributed by atoms with Gasteiger partial charge < -0.3 is 0 Å². The van der Waals surface area contributed by atoms with Gasteiger partial charge in [0.1, 0.15) is 0 Å². The summed E-state index contributed by atoms with van der Waals surface area (Å²) in [5.74, 6) is 0.539. The molecule has 0 aromatic heterocycles. The summed E-state index contributed by atoms with van der Waals surface area (Å²) in [5.41, 5.74) is 1.84. The van der Waals surface area contributed by atoms with Gasteiger partial charge in [-0.05, 0) is 10.8 Å². The van der Waals surface area contributed by atoms with Gasteiger partial charge in [-0.1, -0.05) is 52.0 Å². The molecule has 0 radical (unpaired) electrons. The molecule has 0 amide bonds. The van der Waals surface area contributed by atoms with Crippen molar-refractivity contribution in [3.63, 3.8) is 0 Å². The van der Waals surface area contributed by atoms with Crippen molar-refractivity contribution >= 4 is 0 Å². The van der Waals surface area contributed by atoms with Crippen LogP contribution in [0.2, 0.25) is 0 Å². The summed E-state index contributed by atoms with van der Waals surface area (Å²) in [4.78, 5) is 0. The van der Waals surface area contributed by atoms with E-state index in [1.54, 1.807) is 0 Å². The Hall–Kier alpha value is -1.17. The van der Waals surface area contributed by atoms with Crippen molar-refractivity contribution in [1.29, 1.82) is 0 Å². The smallest absolute Gasteiger partial charge is 0.000244 e. The molecule has 0 atom stereocenters. The normalized spacial score (nSPS) is 17.2. The summed E-state index contributed by atoms with van der Waals surface area (Å²) in [6.45, 7) is 9.43. The third kappa shape index (κ3) is 1.57. The van der Waals surface area contributed by atoms with Gasteiger partial charge in [-0.3, -0.25) is 0 Å². The van der Waals surface area contributed by atoms with Crippen LogP contribution in [0.3, 0.4) is 0 Å². The molecule has 0 saturated carbocycles. The lowest BCUT2D eigenvalue weighted by Crippen LogP contribution is -2.40. The van der Waals surface area contributed by atoms with Crippen molar-refractivity contribution < 1.29 is 0 Å². The van der Waals surface area contributed by atoms with Gasteiger partial charge in [0.2, 0.25) is 0 Å². The molecule has 0 bridgehead atoms. The maximum atomic E-state index is 2.37. The quantitative estimate of drug-likeness (QED) is 0.651. The minimum absolute atomic E-state index is 0.181. The topological polar surface area (TPSA) is 0 Å². The summed E-state index contributed by atoms with van der Waals surface area (Å²) < 4.78 is 0. The fourth-order valence-electron chi connectivity index (χ4n) is 2.49. The first-order valence-corrected chi connectivity index (χ1v) is 6.03. The van der Waals surface area contributed by atoms with Crippen LogP contribution in [0, 0.1) is 11.3 Å². The van der Waals surface area contributed by atoms with E-state index in [2.05, 4.69) is 76.3 Å². The van der Waals surface area contributed by atoms with Crippen molar-refractivity contribution in [2.24, 2.45) is 11.3 Å². The number of hydrogen-bond donors (Lipinski definition) is 0. The van der Waals surface area contributed by atoms with Gasteiger partial charge in [0.05, 0.1) is 0 Å². The van der Waals surface area contributed by atoms with Crippen LogP contribution in [0.4, 0.5) is 0 Å². The maximum absolute atomic E-state index is 2.37. The first kappa shape index (κ1) is 11.3. The summed E-state index contributed by atoms with van der Waals surface area (Å²) >= 11 is 0. The minimum atomic E-state index is 0.181. The molecule has 0 heterocycles. The zero-order valence-corrected chi connectivity index (χ0v) is 10.7. The zero-order chi connectivity index (χ0) is 11.8. The van der Waals surface area contributed by atoms with Crippen LogP contribution in [0.25, 0.3) is 0 Å². The Morgan fingerprint density at radius 2 is 1.38 bits per heavy atom. The Bertz CT molecular complexity index is 387. The van der Waals surface area contributed by atoms with E-state index < -0.39 is 0 Å². The average molecular weight is 213 g/mol. The van der Waals surface area contributed by atoms with E-state index >= 15 is 0 Å². The lowest BCUT2D eigenvalue weighted by molar-refractivity contribution is 0.159. The largest absolute Gasteiger partial charge is 0.213 e. The summed E-state index contributed by atoms with van der Waals surface area (Å²) in [6.07, 6.45) is 8.94. The van der Waals surface area contributed by atoms with Crippen LogP contribution < -0.4 is 0 Å². The molecule has 1 aromatic carbocycles. The molecule has 0 heteroatoms. The lowest BCUT2D eigenvalue weighted by Gasteiger charge is -2.48. The van der Waals surface area contributed by atoms with Crippen LogP contribution in [0.15, 0.2) is 48.6 Å². The van der Waals surface area contributed by atoms with Gasteiger partial charge in [-0.2, -0.15) is 17.7 Å². The molecule has 0 spiro atoms. The fraction of sp³-hybridized carbons (Fsp3) is 0.438. The second kappa shape index (κ2) is 3.69.